The fraction of sp³-hybridized carbons (Fsp3) is 0.429. The van der Waals surface area contributed by atoms with Crippen molar-refractivity contribution in [3.63, 3.8) is 0 Å². The summed E-state index contributed by atoms with van der Waals surface area (Å²) in [6, 6.07) is 7.32. The number of halogens is 1. The van der Waals surface area contributed by atoms with E-state index in [0.717, 1.165) is 18.4 Å². The van der Waals surface area contributed by atoms with E-state index in [0.29, 0.717) is 12.2 Å². The zero-order valence-electron chi connectivity index (χ0n) is 11.1. The Balaban J connectivity index is 2.29. The van der Waals surface area contributed by atoms with Crippen molar-refractivity contribution in [3.05, 3.63) is 35.4 Å². The van der Waals surface area contributed by atoms with Gasteiger partial charge in [-0.15, -0.1) is 0 Å². The quantitative estimate of drug-likeness (QED) is 0.334. The summed E-state index contributed by atoms with van der Waals surface area (Å²) in [5.74, 6) is -0.296. The molecule has 104 valence electrons. The maximum Gasteiger partial charge on any atom is 0.338 e. The van der Waals surface area contributed by atoms with E-state index in [-0.39, 0.29) is 10.8 Å². The Kier molecular flexibility index (Phi) is 7.18. The number of hydrogen-bond acceptors (Lipinski definition) is 4. The van der Waals surface area contributed by atoms with Crippen LogP contribution in [-0.2, 0) is 9.57 Å². The molecule has 0 aromatic heterocycles. The number of esters is 1. The maximum absolute atomic E-state index is 11.7. The average molecular weight is 328 g/mol. The number of rotatable bonds is 7. The van der Waals surface area contributed by atoms with Gasteiger partial charge < -0.3 is 9.57 Å². The zero-order valence-corrected chi connectivity index (χ0v) is 12.7. The Morgan fingerprint density at radius 1 is 1.42 bits per heavy atom. The first kappa shape index (κ1) is 15.7. The summed E-state index contributed by atoms with van der Waals surface area (Å²) in [7, 11) is 1.51. The summed E-state index contributed by atoms with van der Waals surface area (Å²) in [5, 5.41) is 3.64. The normalized spacial score (nSPS) is 12.4. The van der Waals surface area contributed by atoms with Crippen LogP contribution in [-0.4, -0.2) is 30.7 Å². The van der Waals surface area contributed by atoms with E-state index in [9.17, 15) is 4.79 Å². The standard InChI is InChI=1S/C14H18BrNO3/c1-11-5-7-12(8-6-11)14(17)19-10-13(15)4-3-9-16-18-2/h5-9,13H,3-4,10H2,1-2H3. The van der Waals surface area contributed by atoms with Crippen LogP contribution in [0.1, 0.15) is 28.8 Å². The molecular formula is C14H18BrNO3. The summed E-state index contributed by atoms with van der Waals surface area (Å²) in [6.45, 7) is 2.32. The molecule has 0 aliphatic heterocycles. The minimum absolute atomic E-state index is 0.116. The van der Waals surface area contributed by atoms with Gasteiger partial charge in [0.1, 0.15) is 13.7 Å². The summed E-state index contributed by atoms with van der Waals surface area (Å²) in [6.07, 6.45) is 3.29. The molecule has 19 heavy (non-hydrogen) atoms. The van der Waals surface area contributed by atoms with Gasteiger partial charge in [-0.25, -0.2) is 4.79 Å². The fourth-order valence-electron chi connectivity index (χ4n) is 1.41. The van der Waals surface area contributed by atoms with Crippen molar-refractivity contribution in [1.82, 2.24) is 0 Å². The van der Waals surface area contributed by atoms with Crippen LogP contribution in [0, 0.1) is 6.92 Å². The molecule has 1 rings (SSSR count). The van der Waals surface area contributed by atoms with Gasteiger partial charge >= 0.3 is 5.97 Å². The largest absolute Gasteiger partial charge is 0.461 e. The van der Waals surface area contributed by atoms with Crippen LogP contribution in [0.3, 0.4) is 0 Å². The highest BCUT2D eigenvalue weighted by Crippen LogP contribution is 2.10. The van der Waals surface area contributed by atoms with Gasteiger partial charge in [0, 0.05) is 11.0 Å². The van der Waals surface area contributed by atoms with E-state index >= 15 is 0 Å². The van der Waals surface area contributed by atoms with Crippen molar-refractivity contribution in [2.24, 2.45) is 5.16 Å². The smallest absolute Gasteiger partial charge is 0.338 e. The first-order valence-electron chi connectivity index (χ1n) is 6.06. The molecule has 0 spiro atoms. The highest BCUT2D eigenvalue weighted by atomic mass is 79.9. The Bertz CT molecular complexity index is 417. The number of carbonyl (C=O) groups is 1. The first-order valence-corrected chi connectivity index (χ1v) is 6.98. The van der Waals surface area contributed by atoms with E-state index < -0.39 is 0 Å². The molecule has 0 bridgehead atoms. The predicted octanol–water partition coefficient (Wildman–Crippen LogP) is 3.33. The second-order valence-electron chi connectivity index (χ2n) is 4.11. The van der Waals surface area contributed by atoms with Gasteiger partial charge in [0.15, 0.2) is 0 Å². The van der Waals surface area contributed by atoms with E-state index in [1.165, 1.54) is 7.11 Å². The summed E-state index contributed by atoms with van der Waals surface area (Å²) < 4.78 is 5.23. The molecule has 1 atom stereocenters. The molecule has 0 N–H and O–H groups in total. The molecular weight excluding hydrogens is 310 g/mol. The summed E-state index contributed by atoms with van der Waals surface area (Å²) in [4.78, 5) is 16.4. The SMILES string of the molecule is CON=CCCC(Br)COC(=O)c1ccc(C)cc1. The number of ether oxygens (including phenoxy) is 1. The molecule has 0 aliphatic rings. The molecule has 1 aromatic carbocycles. The van der Waals surface area contributed by atoms with Crippen molar-refractivity contribution in [1.29, 1.82) is 0 Å². The predicted molar refractivity (Wildman–Crippen MR) is 78.9 cm³/mol. The van der Waals surface area contributed by atoms with E-state index in [1.54, 1.807) is 18.3 Å². The summed E-state index contributed by atoms with van der Waals surface area (Å²) in [5.41, 5.74) is 1.69. The third-order valence-electron chi connectivity index (χ3n) is 2.47. The molecule has 0 fully saturated rings. The number of hydrogen-bond donors (Lipinski definition) is 0. The molecule has 1 aromatic rings. The Hall–Kier alpha value is -1.36. The molecule has 1 unspecified atom stereocenters. The highest BCUT2D eigenvalue weighted by Gasteiger charge is 2.10. The van der Waals surface area contributed by atoms with E-state index in [2.05, 4.69) is 25.9 Å². The lowest BCUT2D eigenvalue weighted by atomic mass is 10.1. The monoisotopic (exact) mass is 327 g/mol. The Morgan fingerprint density at radius 3 is 2.74 bits per heavy atom. The van der Waals surface area contributed by atoms with E-state index in [1.807, 2.05) is 19.1 Å². The second kappa shape index (κ2) is 8.69. The number of nitrogens with zero attached hydrogens (tertiary/aromatic N) is 1. The lowest BCUT2D eigenvalue weighted by Gasteiger charge is -2.09. The topological polar surface area (TPSA) is 47.9 Å². The van der Waals surface area contributed by atoms with Crippen LogP contribution in [0.2, 0.25) is 0 Å². The minimum Gasteiger partial charge on any atom is -0.461 e. The van der Waals surface area contributed by atoms with Crippen molar-refractivity contribution < 1.29 is 14.4 Å². The number of carbonyl (C=O) groups excluding carboxylic acids is 1. The van der Waals surface area contributed by atoms with Crippen LogP contribution < -0.4 is 0 Å². The average Bonchev–Trinajstić information content (AvgIpc) is 2.42. The van der Waals surface area contributed by atoms with Gasteiger partial charge in [-0.2, -0.15) is 0 Å². The third-order valence-corrected chi connectivity index (χ3v) is 3.19. The lowest BCUT2D eigenvalue weighted by Crippen LogP contribution is -2.14. The lowest BCUT2D eigenvalue weighted by molar-refractivity contribution is 0.0506. The number of alkyl halides is 1. The van der Waals surface area contributed by atoms with Gasteiger partial charge in [0.2, 0.25) is 0 Å². The molecule has 4 nitrogen and oxygen atoms in total. The number of benzene rings is 1. The highest BCUT2D eigenvalue weighted by molar-refractivity contribution is 9.09. The van der Waals surface area contributed by atoms with Crippen LogP contribution in [0.25, 0.3) is 0 Å². The van der Waals surface area contributed by atoms with Crippen molar-refractivity contribution in [2.45, 2.75) is 24.6 Å². The van der Waals surface area contributed by atoms with Gasteiger partial charge in [-0.3, -0.25) is 0 Å². The molecule has 0 aliphatic carbocycles. The van der Waals surface area contributed by atoms with Crippen LogP contribution in [0.15, 0.2) is 29.4 Å². The zero-order chi connectivity index (χ0) is 14.1. The Morgan fingerprint density at radius 2 is 2.11 bits per heavy atom. The van der Waals surface area contributed by atoms with Crippen molar-refractivity contribution in [3.8, 4) is 0 Å². The van der Waals surface area contributed by atoms with Gasteiger partial charge in [0.05, 0.1) is 5.56 Å². The van der Waals surface area contributed by atoms with Gasteiger partial charge in [0.25, 0.3) is 0 Å². The summed E-state index contributed by atoms with van der Waals surface area (Å²) >= 11 is 3.46. The van der Waals surface area contributed by atoms with E-state index in [4.69, 9.17) is 4.74 Å². The Labute approximate surface area is 121 Å². The number of aryl methyl sites for hydroxylation is 1. The minimum atomic E-state index is -0.296. The molecule has 0 saturated heterocycles. The van der Waals surface area contributed by atoms with Crippen LogP contribution >= 0.6 is 15.9 Å². The first-order chi connectivity index (χ1) is 9.13. The molecule has 0 heterocycles. The number of oxime groups is 1. The van der Waals surface area contributed by atoms with Crippen LogP contribution in [0.5, 0.6) is 0 Å². The molecule has 0 amide bonds. The third kappa shape index (κ3) is 6.38. The van der Waals surface area contributed by atoms with Crippen molar-refractivity contribution >= 4 is 28.1 Å². The molecule has 0 saturated carbocycles. The maximum atomic E-state index is 11.7. The molecule has 0 radical (unpaired) electrons. The van der Waals surface area contributed by atoms with Gasteiger partial charge in [-0.1, -0.05) is 38.8 Å². The van der Waals surface area contributed by atoms with Crippen LogP contribution in [0.4, 0.5) is 0 Å². The van der Waals surface area contributed by atoms with Crippen molar-refractivity contribution in [2.75, 3.05) is 13.7 Å². The second-order valence-corrected chi connectivity index (χ2v) is 5.40. The van der Waals surface area contributed by atoms with Gasteiger partial charge in [-0.05, 0) is 31.9 Å². The fourth-order valence-corrected chi connectivity index (χ4v) is 1.80. The molecule has 5 heteroatoms.